The summed E-state index contributed by atoms with van der Waals surface area (Å²) in [6.07, 6.45) is 3.37. The smallest absolute Gasteiger partial charge is 0.326 e. The molecular weight excluding hydrogens is 270 g/mol. The number of rotatable bonds is 5. The fourth-order valence-corrected chi connectivity index (χ4v) is 2.87. The predicted molar refractivity (Wildman–Crippen MR) is 77.5 cm³/mol. The van der Waals surface area contributed by atoms with E-state index >= 15 is 0 Å². The van der Waals surface area contributed by atoms with Crippen molar-refractivity contribution in [2.75, 3.05) is 0 Å². The Kier molecular flexibility index (Phi) is 5.33. The largest absolute Gasteiger partial charge is 0.480 e. The maximum Gasteiger partial charge on any atom is 0.326 e. The Bertz CT molecular complexity index is 482. The van der Waals surface area contributed by atoms with Crippen molar-refractivity contribution in [1.29, 1.82) is 0 Å². The first kappa shape index (κ1) is 15.5. The Balaban J connectivity index is 2.02. The number of aliphatic carboxylic acids is 1. The van der Waals surface area contributed by atoms with Crippen LogP contribution in [0.1, 0.15) is 43.8 Å². The third-order valence-corrected chi connectivity index (χ3v) is 4.05. The molecule has 1 aliphatic carbocycles. The van der Waals surface area contributed by atoms with Crippen LogP contribution in [0, 0.1) is 5.92 Å². The first-order chi connectivity index (χ1) is 10.1. The zero-order chi connectivity index (χ0) is 15.2. The van der Waals surface area contributed by atoms with Crippen LogP contribution in [0.5, 0.6) is 0 Å². The van der Waals surface area contributed by atoms with E-state index in [1.807, 2.05) is 0 Å². The predicted octanol–water partition coefficient (Wildman–Crippen LogP) is 1.87. The van der Waals surface area contributed by atoms with Crippen LogP contribution < -0.4 is 5.32 Å². The molecule has 3 N–H and O–H groups in total. The van der Waals surface area contributed by atoms with Crippen molar-refractivity contribution in [2.45, 2.75) is 44.2 Å². The summed E-state index contributed by atoms with van der Waals surface area (Å²) in [5.74, 6) is -1.74. The van der Waals surface area contributed by atoms with Gasteiger partial charge in [0.1, 0.15) is 6.04 Å². The van der Waals surface area contributed by atoms with Crippen LogP contribution >= 0.6 is 0 Å². The maximum absolute atomic E-state index is 12.1. The van der Waals surface area contributed by atoms with Crippen LogP contribution in [0.15, 0.2) is 30.3 Å². The zero-order valence-electron chi connectivity index (χ0n) is 11.9. The number of carbonyl (C=O) groups is 2. The van der Waals surface area contributed by atoms with Gasteiger partial charge in [-0.15, -0.1) is 0 Å². The molecular formula is C16H21NO4. The second kappa shape index (κ2) is 7.22. The molecule has 1 aliphatic rings. The number of aliphatic hydroxyl groups excluding tert-OH is 1. The molecule has 1 amide bonds. The SMILES string of the molecule is O=C(N[C@H](C(=O)O)C1CCCCC1)[C@@H](O)c1ccccc1. The minimum atomic E-state index is -1.34. The van der Waals surface area contributed by atoms with E-state index in [0.717, 1.165) is 32.1 Å². The standard InChI is InChI=1S/C16H21NO4/c18-14(12-9-5-2-6-10-12)15(19)17-13(16(20)21)11-7-3-1-4-8-11/h2,5-6,9-11,13-14,18H,1,3-4,7-8H2,(H,17,19)(H,20,21)/t13-,14-/m0/s1. The number of benzene rings is 1. The fraction of sp³-hybridized carbons (Fsp3) is 0.500. The van der Waals surface area contributed by atoms with Crippen molar-refractivity contribution < 1.29 is 19.8 Å². The lowest BCUT2D eigenvalue weighted by Gasteiger charge is -2.28. The highest BCUT2D eigenvalue weighted by Crippen LogP contribution is 2.27. The molecule has 1 fully saturated rings. The molecule has 0 heterocycles. The van der Waals surface area contributed by atoms with Crippen molar-refractivity contribution in [1.82, 2.24) is 5.32 Å². The molecule has 21 heavy (non-hydrogen) atoms. The number of carboxylic acids is 1. The summed E-state index contributed by atoms with van der Waals surface area (Å²) >= 11 is 0. The van der Waals surface area contributed by atoms with E-state index in [4.69, 9.17) is 0 Å². The molecule has 2 atom stereocenters. The van der Waals surface area contributed by atoms with Gasteiger partial charge < -0.3 is 15.5 Å². The maximum atomic E-state index is 12.1. The van der Waals surface area contributed by atoms with Gasteiger partial charge in [0.25, 0.3) is 5.91 Å². The molecule has 0 aliphatic heterocycles. The van der Waals surface area contributed by atoms with Crippen LogP contribution in [0.2, 0.25) is 0 Å². The molecule has 0 radical (unpaired) electrons. The summed E-state index contributed by atoms with van der Waals surface area (Å²) in [6.45, 7) is 0. The molecule has 0 saturated heterocycles. The molecule has 114 valence electrons. The lowest BCUT2D eigenvalue weighted by atomic mass is 9.83. The second-order valence-corrected chi connectivity index (χ2v) is 5.54. The van der Waals surface area contributed by atoms with Gasteiger partial charge >= 0.3 is 5.97 Å². The van der Waals surface area contributed by atoms with Crippen LogP contribution in [-0.2, 0) is 9.59 Å². The average Bonchev–Trinajstić information content (AvgIpc) is 2.53. The first-order valence-corrected chi connectivity index (χ1v) is 7.36. The summed E-state index contributed by atoms with van der Waals surface area (Å²) < 4.78 is 0. The number of nitrogens with one attached hydrogen (secondary N) is 1. The third kappa shape index (κ3) is 4.04. The number of carbonyl (C=O) groups excluding carboxylic acids is 1. The minimum Gasteiger partial charge on any atom is -0.480 e. The van der Waals surface area contributed by atoms with E-state index in [9.17, 15) is 19.8 Å². The molecule has 1 saturated carbocycles. The first-order valence-electron chi connectivity index (χ1n) is 7.36. The number of hydrogen-bond acceptors (Lipinski definition) is 3. The van der Waals surface area contributed by atoms with E-state index in [1.165, 1.54) is 0 Å². The quantitative estimate of drug-likeness (QED) is 0.773. The van der Waals surface area contributed by atoms with Crippen LogP contribution in [0.3, 0.4) is 0 Å². The molecule has 0 unspecified atom stereocenters. The van der Waals surface area contributed by atoms with Gasteiger partial charge in [0.15, 0.2) is 6.10 Å². The highest BCUT2D eigenvalue weighted by molar-refractivity contribution is 5.87. The molecule has 1 aromatic rings. The van der Waals surface area contributed by atoms with E-state index in [2.05, 4.69) is 5.32 Å². The highest BCUT2D eigenvalue weighted by atomic mass is 16.4. The number of carboxylic acid groups (broad SMARTS) is 1. The molecule has 1 aromatic carbocycles. The highest BCUT2D eigenvalue weighted by Gasteiger charge is 2.32. The normalized spacial score (nSPS) is 18.7. The van der Waals surface area contributed by atoms with E-state index in [1.54, 1.807) is 30.3 Å². The Morgan fingerprint density at radius 3 is 2.29 bits per heavy atom. The number of hydrogen-bond donors (Lipinski definition) is 3. The fourth-order valence-electron chi connectivity index (χ4n) is 2.87. The van der Waals surface area contributed by atoms with Crippen molar-refractivity contribution in [2.24, 2.45) is 5.92 Å². The minimum absolute atomic E-state index is 0.0526. The van der Waals surface area contributed by atoms with Gasteiger partial charge in [-0.1, -0.05) is 49.6 Å². The topological polar surface area (TPSA) is 86.6 Å². The van der Waals surface area contributed by atoms with Gasteiger partial charge in [-0.3, -0.25) is 4.79 Å². The average molecular weight is 291 g/mol. The van der Waals surface area contributed by atoms with E-state index in [0.29, 0.717) is 5.56 Å². The monoisotopic (exact) mass is 291 g/mol. The zero-order valence-corrected chi connectivity index (χ0v) is 11.9. The Labute approximate surface area is 124 Å². The third-order valence-electron chi connectivity index (χ3n) is 4.05. The Morgan fingerprint density at radius 2 is 1.71 bits per heavy atom. The Hall–Kier alpha value is -1.88. The van der Waals surface area contributed by atoms with Crippen molar-refractivity contribution in [3.05, 3.63) is 35.9 Å². The Morgan fingerprint density at radius 1 is 1.10 bits per heavy atom. The van der Waals surface area contributed by atoms with Crippen LogP contribution in [0.25, 0.3) is 0 Å². The summed E-state index contributed by atoms with van der Waals surface area (Å²) in [4.78, 5) is 23.5. The summed E-state index contributed by atoms with van der Waals surface area (Å²) in [5, 5.41) is 21.8. The van der Waals surface area contributed by atoms with Crippen molar-refractivity contribution in [3.63, 3.8) is 0 Å². The van der Waals surface area contributed by atoms with Gasteiger partial charge in [-0.2, -0.15) is 0 Å². The van der Waals surface area contributed by atoms with Crippen LogP contribution in [-0.4, -0.2) is 28.1 Å². The van der Waals surface area contributed by atoms with E-state index in [-0.39, 0.29) is 5.92 Å². The molecule has 0 bridgehead atoms. The number of amides is 1. The molecule has 0 aromatic heterocycles. The van der Waals surface area contributed by atoms with Gasteiger partial charge in [-0.25, -0.2) is 4.79 Å². The second-order valence-electron chi connectivity index (χ2n) is 5.54. The van der Waals surface area contributed by atoms with E-state index < -0.39 is 24.0 Å². The van der Waals surface area contributed by atoms with Gasteiger partial charge in [0.05, 0.1) is 0 Å². The van der Waals surface area contributed by atoms with Crippen LogP contribution in [0.4, 0.5) is 0 Å². The van der Waals surface area contributed by atoms with Gasteiger partial charge in [-0.05, 0) is 24.3 Å². The molecule has 2 rings (SSSR count). The van der Waals surface area contributed by atoms with Crippen molar-refractivity contribution >= 4 is 11.9 Å². The molecule has 0 spiro atoms. The summed E-state index contributed by atoms with van der Waals surface area (Å²) in [7, 11) is 0. The number of aliphatic hydroxyl groups is 1. The van der Waals surface area contributed by atoms with Gasteiger partial charge in [0, 0.05) is 0 Å². The summed E-state index contributed by atoms with van der Waals surface area (Å²) in [6, 6.07) is 7.59. The molecule has 5 nitrogen and oxygen atoms in total. The lowest BCUT2D eigenvalue weighted by Crippen LogP contribution is -2.48. The van der Waals surface area contributed by atoms with Crippen molar-refractivity contribution in [3.8, 4) is 0 Å². The molecule has 5 heteroatoms. The lowest BCUT2D eigenvalue weighted by molar-refractivity contribution is -0.145. The van der Waals surface area contributed by atoms with Gasteiger partial charge in [0.2, 0.25) is 0 Å². The summed E-state index contributed by atoms with van der Waals surface area (Å²) in [5.41, 5.74) is 0.461.